The van der Waals surface area contributed by atoms with Crippen molar-refractivity contribution in [2.24, 2.45) is 0 Å². The number of thiocarbonyl (C=S) groups is 1. The van der Waals surface area contributed by atoms with Crippen LogP contribution in [0.15, 0.2) is 36.9 Å². The van der Waals surface area contributed by atoms with E-state index < -0.39 is 0 Å². The molecule has 2 aliphatic heterocycles. The van der Waals surface area contributed by atoms with Gasteiger partial charge < -0.3 is 15.0 Å². The summed E-state index contributed by atoms with van der Waals surface area (Å²) in [5, 5.41) is 3.04. The molecule has 9 nitrogen and oxygen atoms in total. The van der Waals surface area contributed by atoms with Crippen LogP contribution in [0.4, 0.5) is 16.3 Å². The zero-order chi connectivity index (χ0) is 20.9. The summed E-state index contributed by atoms with van der Waals surface area (Å²) in [7, 11) is 0. The highest BCUT2D eigenvalue weighted by atomic mass is 32.1. The van der Waals surface area contributed by atoms with Crippen molar-refractivity contribution in [2.75, 3.05) is 49.1 Å². The van der Waals surface area contributed by atoms with E-state index in [2.05, 4.69) is 30.1 Å². The van der Waals surface area contributed by atoms with Crippen LogP contribution in [0.25, 0.3) is 0 Å². The van der Waals surface area contributed by atoms with Crippen molar-refractivity contribution in [3.63, 3.8) is 0 Å². The first kappa shape index (κ1) is 20.4. The molecule has 10 heteroatoms. The molecule has 0 saturated carbocycles. The van der Waals surface area contributed by atoms with Gasteiger partial charge in [-0.2, -0.15) is 0 Å². The molecule has 4 heterocycles. The molecule has 2 saturated heterocycles. The number of amides is 1. The third kappa shape index (κ3) is 5.00. The Morgan fingerprint density at radius 1 is 1.20 bits per heavy atom. The number of nitrogens with one attached hydrogen (secondary N) is 1. The second kappa shape index (κ2) is 9.31. The van der Waals surface area contributed by atoms with Crippen LogP contribution in [0.3, 0.4) is 0 Å². The number of rotatable bonds is 6. The number of carbonyl (C=O) groups excluding carboxylic acids is 1. The van der Waals surface area contributed by atoms with Gasteiger partial charge in [0.1, 0.15) is 11.9 Å². The number of aromatic nitrogens is 3. The Bertz CT molecular complexity index is 872. The Balaban J connectivity index is 1.30. The van der Waals surface area contributed by atoms with Gasteiger partial charge in [-0.3, -0.25) is 19.8 Å². The summed E-state index contributed by atoms with van der Waals surface area (Å²) < 4.78 is 5.40. The Kier molecular flexibility index (Phi) is 6.34. The fourth-order valence-corrected chi connectivity index (χ4v) is 3.68. The Labute approximate surface area is 181 Å². The summed E-state index contributed by atoms with van der Waals surface area (Å²) in [5.74, 6) is 0.917. The van der Waals surface area contributed by atoms with E-state index in [1.807, 2.05) is 25.3 Å². The van der Waals surface area contributed by atoms with Gasteiger partial charge in [0.2, 0.25) is 0 Å². The minimum atomic E-state index is -0.351. The predicted octanol–water partition coefficient (Wildman–Crippen LogP) is 1.46. The van der Waals surface area contributed by atoms with E-state index in [9.17, 15) is 4.79 Å². The monoisotopic (exact) mass is 427 g/mol. The van der Waals surface area contributed by atoms with Gasteiger partial charge in [-0.1, -0.05) is 12.2 Å². The van der Waals surface area contributed by atoms with E-state index in [4.69, 9.17) is 17.0 Å². The molecule has 0 aliphatic carbocycles. The minimum Gasteiger partial charge on any atom is -0.442 e. The van der Waals surface area contributed by atoms with Crippen LogP contribution in [0.5, 0.6) is 0 Å². The standard InChI is InChI=1S/C20H25N7O2S/c1-15(30)23-12-18-14-27(20(28)29-18)17-2-3-19(24-11-17)26-8-6-25(7-9-26)13-16-10-21-4-5-22-16/h2-5,10-11,18H,6-9,12-14H2,1H3,(H,23,30)/t18-/m0/s1. The molecule has 2 aromatic heterocycles. The molecule has 0 spiro atoms. The zero-order valence-electron chi connectivity index (χ0n) is 16.9. The third-order valence-electron chi connectivity index (χ3n) is 5.20. The Morgan fingerprint density at radius 2 is 2.03 bits per heavy atom. The normalized spacial score (nSPS) is 19.6. The van der Waals surface area contributed by atoms with Gasteiger partial charge in [0.05, 0.1) is 35.7 Å². The van der Waals surface area contributed by atoms with Gasteiger partial charge >= 0.3 is 6.09 Å². The van der Waals surface area contributed by atoms with E-state index in [-0.39, 0.29) is 12.2 Å². The van der Waals surface area contributed by atoms with Crippen LogP contribution in [0.2, 0.25) is 0 Å². The number of piperazine rings is 1. The molecule has 0 unspecified atom stereocenters. The molecule has 0 bridgehead atoms. The third-order valence-corrected chi connectivity index (χ3v) is 5.34. The van der Waals surface area contributed by atoms with Crippen molar-refractivity contribution in [2.45, 2.75) is 19.6 Å². The van der Waals surface area contributed by atoms with Crippen molar-refractivity contribution in [3.05, 3.63) is 42.6 Å². The summed E-state index contributed by atoms with van der Waals surface area (Å²) in [6.07, 6.45) is 6.39. The maximum Gasteiger partial charge on any atom is 0.414 e. The van der Waals surface area contributed by atoms with Crippen molar-refractivity contribution in [3.8, 4) is 0 Å². The predicted molar refractivity (Wildman–Crippen MR) is 118 cm³/mol. The fourth-order valence-electron chi connectivity index (χ4n) is 3.60. The molecule has 1 amide bonds. The lowest BCUT2D eigenvalue weighted by molar-refractivity contribution is 0.143. The van der Waals surface area contributed by atoms with E-state index in [0.717, 1.165) is 49.9 Å². The summed E-state index contributed by atoms with van der Waals surface area (Å²) in [6.45, 7) is 7.27. The van der Waals surface area contributed by atoms with Gasteiger partial charge in [0.25, 0.3) is 0 Å². The van der Waals surface area contributed by atoms with Crippen LogP contribution >= 0.6 is 12.2 Å². The lowest BCUT2D eigenvalue weighted by Crippen LogP contribution is -2.46. The molecule has 158 valence electrons. The van der Waals surface area contributed by atoms with Gasteiger partial charge in [0.15, 0.2) is 0 Å². The highest BCUT2D eigenvalue weighted by Crippen LogP contribution is 2.23. The first-order chi connectivity index (χ1) is 14.6. The van der Waals surface area contributed by atoms with E-state index in [0.29, 0.717) is 18.1 Å². The first-order valence-electron chi connectivity index (χ1n) is 9.99. The lowest BCUT2D eigenvalue weighted by Gasteiger charge is -2.35. The average molecular weight is 428 g/mol. The quantitative estimate of drug-likeness (QED) is 0.689. The average Bonchev–Trinajstić information content (AvgIpc) is 3.14. The maximum absolute atomic E-state index is 12.2. The second-order valence-corrected chi connectivity index (χ2v) is 8.00. The lowest BCUT2D eigenvalue weighted by atomic mass is 10.2. The number of anilines is 2. The maximum atomic E-state index is 12.2. The molecular weight excluding hydrogens is 402 g/mol. The van der Waals surface area contributed by atoms with Crippen molar-refractivity contribution >= 4 is 34.8 Å². The van der Waals surface area contributed by atoms with Gasteiger partial charge in [-0.25, -0.2) is 9.78 Å². The summed E-state index contributed by atoms with van der Waals surface area (Å²) in [4.78, 5) is 32.2. The SMILES string of the molecule is CC(=S)NC[C@H]1CN(c2ccc(N3CCN(Cc4cnccn4)CC3)nc2)C(=O)O1. The summed E-state index contributed by atoms with van der Waals surface area (Å²) in [5.41, 5.74) is 1.73. The van der Waals surface area contributed by atoms with Crippen LogP contribution < -0.4 is 15.1 Å². The molecule has 0 aromatic carbocycles. The molecule has 0 radical (unpaired) electrons. The number of hydrogen-bond donors (Lipinski definition) is 1. The van der Waals surface area contributed by atoms with E-state index in [1.165, 1.54) is 0 Å². The number of hydrogen-bond acceptors (Lipinski definition) is 8. The largest absolute Gasteiger partial charge is 0.442 e. The number of pyridine rings is 1. The molecule has 2 aliphatic rings. The van der Waals surface area contributed by atoms with Crippen LogP contribution in [-0.2, 0) is 11.3 Å². The minimum absolute atomic E-state index is 0.225. The van der Waals surface area contributed by atoms with Crippen LogP contribution in [0, 0.1) is 0 Å². The smallest absolute Gasteiger partial charge is 0.414 e. The molecule has 4 rings (SSSR count). The topological polar surface area (TPSA) is 86.7 Å². The van der Waals surface area contributed by atoms with Gasteiger partial charge in [0, 0.05) is 51.3 Å². The van der Waals surface area contributed by atoms with Gasteiger partial charge in [-0.05, 0) is 19.1 Å². The van der Waals surface area contributed by atoms with E-state index >= 15 is 0 Å². The Hall–Kier alpha value is -2.85. The first-order valence-corrected chi connectivity index (χ1v) is 10.4. The number of ether oxygens (including phenoxy) is 1. The number of nitrogens with zero attached hydrogens (tertiary/aromatic N) is 6. The highest BCUT2D eigenvalue weighted by Gasteiger charge is 2.32. The van der Waals surface area contributed by atoms with Crippen molar-refractivity contribution in [1.29, 1.82) is 0 Å². The van der Waals surface area contributed by atoms with Crippen molar-refractivity contribution < 1.29 is 9.53 Å². The van der Waals surface area contributed by atoms with Crippen LogP contribution in [0.1, 0.15) is 12.6 Å². The number of carbonyl (C=O) groups is 1. The van der Waals surface area contributed by atoms with Gasteiger partial charge in [-0.15, -0.1) is 0 Å². The molecule has 1 atom stereocenters. The fraction of sp³-hybridized carbons (Fsp3) is 0.450. The highest BCUT2D eigenvalue weighted by molar-refractivity contribution is 7.80. The summed E-state index contributed by atoms with van der Waals surface area (Å²) in [6, 6.07) is 3.89. The summed E-state index contributed by atoms with van der Waals surface area (Å²) >= 11 is 5.01. The molecule has 2 aromatic rings. The Morgan fingerprint density at radius 3 is 2.70 bits per heavy atom. The zero-order valence-corrected chi connectivity index (χ0v) is 17.7. The number of cyclic esters (lactones) is 1. The van der Waals surface area contributed by atoms with Crippen LogP contribution in [-0.4, -0.2) is 76.3 Å². The van der Waals surface area contributed by atoms with E-state index in [1.54, 1.807) is 23.5 Å². The second-order valence-electron chi connectivity index (χ2n) is 7.39. The van der Waals surface area contributed by atoms with Crippen molar-refractivity contribution in [1.82, 2.24) is 25.2 Å². The molecular formula is C20H25N7O2S. The molecule has 30 heavy (non-hydrogen) atoms. The molecule has 2 fully saturated rings. The molecule has 1 N–H and O–H groups in total.